The summed E-state index contributed by atoms with van der Waals surface area (Å²) < 4.78 is 39.8. The number of aliphatic hydroxyl groups is 2. The van der Waals surface area contributed by atoms with Crippen LogP contribution in [-0.4, -0.2) is 35.2 Å². The molecule has 0 fully saturated rings. The molecular formula is C18H17F2NO6. The molecule has 0 saturated carbocycles. The molecule has 0 bridgehead atoms. The zero-order chi connectivity index (χ0) is 19.4. The van der Waals surface area contributed by atoms with E-state index in [0.717, 1.165) is 11.6 Å². The Labute approximate surface area is 153 Å². The molecule has 0 aromatic heterocycles. The van der Waals surface area contributed by atoms with Crippen molar-refractivity contribution in [3.63, 3.8) is 0 Å². The second kappa shape index (κ2) is 7.77. The first-order chi connectivity index (χ1) is 12.9. The van der Waals surface area contributed by atoms with Crippen LogP contribution in [-0.2, 0) is 11.3 Å². The normalized spacial score (nSPS) is 16.4. The first-order valence-electron chi connectivity index (χ1n) is 8.04. The molecule has 0 aliphatic carbocycles. The van der Waals surface area contributed by atoms with Crippen LogP contribution in [0.2, 0.25) is 0 Å². The Bertz CT molecular complexity index is 802. The minimum absolute atomic E-state index is 0.0139. The fourth-order valence-electron chi connectivity index (χ4n) is 2.52. The molecule has 3 N–H and O–H groups in total. The van der Waals surface area contributed by atoms with Gasteiger partial charge in [-0.1, -0.05) is 36.4 Å². The van der Waals surface area contributed by atoms with E-state index in [2.05, 4.69) is 14.8 Å². The van der Waals surface area contributed by atoms with Crippen LogP contribution in [0, 0.1) is 0 Å². The van der Waals surface area contributed by atoms with Crippen LogP contribution >= 0.6 is 0 Å². The van der Waals surface area contributed by atoms with Crippen molar-refractivity contribution in [3.05, 3.63) is 59.7 Å². The number of ether oxygens (including phenoxy) is 3. The van der Waals surface area contributed by atoms with Gasteiger partial charge in [0.1, 0.15) is 12.7 Å². The molecule has 0 spiro atoms. The summed E-state index contributed by atoms with van der Waals surface area (Å²) in [7, 11) is 0. The lowest BCUT2D eigenvalue weighted by Crippen LogP contribution is -2.42. The number of carbonyl (C=O) groups is 1. The summed E-state index contributed by atoms with van der Waals surface area (Å²) >= 11 is 0. The van der Waals surface area contributed by atoms with E-state index in [9.17, 15) is 23.8 Å². The van der Waals surface area contributed by atoms with Gasteiger partial charge in [-0.3, -0.25) is 0 Å². The molecule has 2 aromatic rings. The van der Waals surface area contributed by atoms with Gasteiger partial charge in [0.15, 0.2) is 11.5 Å². The van der Waals surface area contributed by atoms with E-state index in [4.69, 9.17) is 4.74 Å². The first-order valence-corrected chi connectivity index (χ1v) is 8.04. The molecular weight excluding hydrogens is 364 g/mol. The van der Waals surface area contributed by atoms with Crippen LogP contribution in [0.5, 0.6) is 11.5 Å². The maximum atomic E-state index is 13.1. The van der Waals surface area contributed by atoms with Crippen molar-refractivity contribution in [2.24, 2.45) is 0 Å². The largest absolute Gasteiger partial charge is 0.586 e. The Balaban J connectivity index is 1.61. The van der Waals surface area contributed by atoms with Gasteiger partial charge in [0.2, 0.25) is 0 Å². The maximum absolute atomic E-state index is 13.1. The van der Waals surface area contributed by atoms with Gasteiger partial charge in [0.25, 0.3) is 0 Å². The molecule has 2 aromatic carbocycles. The van der Waals surface area contributed by atoms with Crippen molar-refractivity contribution < 1.29 is 38.0 Å². The Kier molecular flexibility index (Phi) is 5.43. The Morgan fingerprint density at radius 1 is 1.15 bits per heavy atom. The van der Waals surface area contributed by atoms with Crippen LogP contribution in [0.4, 0.5) is 13.6 Å². The molecule has 27 heavy (non-hydrogen) atoms. The van der Waals surface area contributed by atoms with Gasteiger partial charge in [0, 0.05) is 0 Å². The van der Waals surface area contributed by atoms with Gasteiger partial charge >= 0.3 is 12.4 Å². The van der Waals surface area contributed by atoms with Gasteiger partial charge in [-0.05, 0) is 23.3 Å². The van der Waals surface area contributed by atoms with Gasteiger partial charge in [-0.2, -0.15) is 0 Å². The van der Waals surface area contributed by atoms with E-state index in [-0.39, 0.29) is 23.7 Å². The number of rotatable bonds is 6. The molecule has 1 aliphatic rings. The average molecular weight is 381 g/mol. The van der Waals surface area contributed by atoms with Gasteiger partial charge in [-0.25, -0.2) is 4.79 Å². The van der Waals surface area contributed by atoms with Gasteiger partial charge in [0.05, 0.1) is 12.6 Å². The highest BCUT2D eigenvalue weighted by Crippen LogP contribution is 2.42. The SMILES string of the molecule is O=C(N[C@H](CO)[C@H](O)c1ccc2c(c1)OC(F)(F)O2)OCc1ccccc1. The summed E-state index contributed by atoms with van der Waals surface area (Å²) in [5, 5.41) is 22.2. The maximum Gasteiger partial charge on any atom is 0.586 e. The number of aliphatic hydroxyl groups excluding tert-OH is 2. The van der Waals surface area contributed by atoms with Crippen LogP contribution in [0.15, 0.2) is 48.5 Å². The van der Waals surface area contributed by atoms with Crippen molar-refractivity contribution in [3.8, 4) is 11.5 Å². The van der Waals surface area contributed by atoms with Gasteiger partial charge < -0.3 is 29.7 Å². The van der Waals surface area contributed by atoms with Gasteiger partial charge in [-0.15, -0.1) is 8.78 Å². The lowest BCUT2D eigenvalue weighted by molar-refractivity contribution is -0.286. The van der Waals surface area contributed by atoms with E-state index in [1.54, 1.807) is 24.3 Å². The van der Waals surface area contributed by atoms with Crippen molar-refractivity contribution in [1.82, 2.24) is 5.32 Å². The van der Waals surface area contributed by atoms with E-state index in [1.807, 2.05) is 6.07 Å². The summed E-state index contributed by atoms with van der Waals surface area (Å²) in [4.78, 5) is 11.9. The molecule has 144 valence electrons. The minimum atomic E-state index is -3.78. The average Bonchev–Trinajstić information content (AvgIpc) is 2.97. The highest BCUT2D eigenvalue weighted by atomic mass is 19.3. The lowest BCUT2D eigenvalue weighted by Gasteiger charge is -2.22. The number of benzene rings is 2. The standard InChI is InChI=1S/C18H17F2NO6/c19-18(20)26-14-7-6-12(8-15(14)27-18)16(23)13(9-22)21-17(24)25-10-11-4-2-1-3-5-11/h1-8,13,16,22-23H,9-10H2,(H,21,24)/t13-,16-/m1/s1. The van der Waals surface area contributed by atoms with Crippen LogP contribution in [0.25, 0.3) is 0 Å². The predicted octanol–water partition coefficient (Wildman–Crippen LogP) is 2.33. The minimum Gasteiger partial charge on any atom is -0.445 e. The molecule has 1 amide bonds. The Morgan fingerprint density at radius 2 is 1.85 bits per heavy atom. The van der Waals surface area contributed by atoms with Crippen LogP contribution in [0.3, 0.4) is 0 Å². The van der Waals surface area contributed by atoms with Crippen LogP contribution in [0.1, 0.15) is 17.2 Å². The number of fused-ring (bicyclic) bond motifs is 1. The number of amides is 1. The third kappa shape index (κ3) is 4.63. The Hall–Kier alpha value is -2.91. The summed E-state index contributed by atoms with van der Waals surface area (Å²) in [5.41, 5.74) is 0.919. The number of halogens is 2. The van der Waals surface area contributed by atoms with E-state index >= 15 is 0 Å². The zero-order valence-corrected chi connectivity index (χ0v) is 14.0. The quantitative estimate of drug-likeness (QED) is 0.711. The molecule has 0 saturated heterocycles. The third-order valence-corrected chi connectivity index (χ3v) is 3.86. The zero-order valence-electron chi connectivity index (χ0n) is 14.0. The second-order valence-corrected chi connectivity index (χ2v) is 5.81. The molecule has 1 aliphatic heterocycles. The number of nitrogens with one attached hydrogen (secondary N) is 1. The number of hydrogen-bond donors (Lipinski definition) is 3. The summed E-state index contributed by atoms with van der Waals surface area (Å²) in [6.07, 6.45) is -6.01. The molecule has 0 unspecified atom stereocenters. The van der Waals surface area contributed by atoms with E-state index in [1.165, 1.54) is 12.1 Å². The summed E-state index contributed by atoms with van der Waals surface area (Å²) in [5.74, 6) is -0.424. The summed E-state index contributed by atoms with van der Waals surface area (Å²) in [6, 6.07) is 11.5. The smallest absolute Gasteiger partial charge is 0.445 e. The highest BCUT2D eigenvalue weighted by Gasteiger charge is 2.43. The third-order valence-electron chi connectivity index (χ3n) is 3.86. The predicted molar refractivity (Wildman–Crippen MR) is 88.2 cm³/mol. The molecule has 1 heterocycles. The molecule has 9 heteroatoms. The second-order valence-electron chi connectivity index (χ2n) is 5.81. The number of carbonyl (C=O) groups excluding carboxylic acids is 1. The lowest BCUT2D eigenvalue weighted by atomic mass is 10.0. The molecule has 0 radical (unpaired) electrons. The van der Waals surface area contributed by atoms with E-state index < -0.39 is 31.1 Å². The highest BCUT2D eigenvalue weighted by molar-refractivity contribution is 5.67. The fourth-order valence-corrected chi connectivity index (χ4v) is 2.52. The van der Waals surface area contributed by atoms with E-state index in [0.29, 0.717) is 0 Å². The molecule has 7 nitrogen and oxygen atoms in total. The first kappa shape index (κ1) is 18.9. The monoisotopic (exact) mass is 381 g/mol. The fraction of sp³-hybridized carbons (Fsp3) is 0.278. The van der Waals surface area contributed by atoms with Crippen molar-refractivity contribution in [2.45, 2.75) is 25.0 Å². The number of alkyl carbamates (subject to hydrolysis) is 1. The number of alkyl halides is 2. The van der Waals surface area contributed by atoms with Crippen LogP contribution < -0.4 is 14.8 Å². The van der Waals surface area contributed by atoms with Crippen molar-refractivity contribution >= 4 is 6.09 Å². The summed E-state index contributed by atoms with van der Waals surface area (Å²) in [6.45, 7) is -0.591. The van der Waals surface area contributed by atoms with Crippen molar-refractivity contribution in [2.75, 3.05) is 6.61 Å². The van der Waals surface area contributed by atoms with Crippen molar-refractivity contribution in [1.29, 1.82) is 0 Å². The molecule has 2 atom stereocenters. The Morgan fingerprint density at radius 3 is 2.56 bits per heavy atom. The topological polar surface area (TPSA) is 97.3 Å². The number of hydrogen-bond acceptors (Lipinski definition) is 6. The molecule has 3 rings (SSSR count).